The van der Waals surface area contributed by atoms with Gasteiger partial charge in [0.25, 0.3) is 0 Å². The van der Waals surface area contributed by atoms with Crippen LogP contribution in [0, 0.1) is 12.3 Å². The van der Waals surface area contributed by atoms with Gasteiger partial charge >= 0.3 is 5.97 Å². The van der Waals surface area contributed by atoms with Crippen molar-refractivity contribution in [3.05, 3.63) is 35.9 Å². The predicted octanol–water partition coefficient (Wildman–Crippen LogP) is 2.04. The topological polar surface area (TPSA) is 74.2 Å². The minimum atomic E-state index is -0.950. The molecule has 6 nitrogen and oxygen atoms in total. The molecule has 0 radical (unpaired) electrons. The fourth-order valence-electron chi connectivity index (χ4n) is 2.77. The molecule has 0 saturated carbocycles. The van der Waals surface area contributed by atoms with E-state index < -0.39 is 36.7 Å². The smallest absolute Gasteiger partial charge is 0.303 e. The van der Waals surface area contributed by atoms with Crippen molar-refractivity contribution in [2.45, 2.75) is 64.0 Å². The number of hydrogen-bond acceptors (Lipinski definition) is 6. The standard InChI is InChI=1S/C20H26O6/c1-4-5-9-12-23-20-19(26-15(3)21)18(17(22)14(2)25-20)24-13-16-10-7-6-8-11-16/h1,6-8,10-11,14,17-20,22H,5,9,12-13H2,2-3H3/t14?,17-,18-,19?,20-/m1/s1. The Hall–Kier alpha value is -1.91. The molecule has 2 unspecified atom stereocenters. The fourth-order valence-corrected chi connectivity index (χ4v) is 2.77. The van der Waals surface area contributed by atoms with Crippen molar-refractivity contribution in [1.82, 2.24) is 0 Å². The Labute approximate surface area is 154 Å². The van der Waals surface area contributed by atoms with E-state index in [-0.39, 0.29) is 6.61 Å². The minimum Gasteiger partial charge on any atom is -0.454 e. The maximum absolute atomic E-state index is 11.5. The first-order chi connectivity index (χ1) is 12.5. The maximum Gasteiger partial charge on any atom is 0.303 e. The van der Waals surface area contributed by atoms with Crippen LogP contribution in [0.5, 0.6) is 0 Å². The quantitative estimate of drug-likeness (QED) is 0.433. The van der Waals surface area contributed by atoms with Crippen LogP contribution < -0.4 is 0 Å². The second-order valence-corrected chi connectivity index (χ2v) is 6.21. The summed E-state index contributed by atoms with van der Waals surface area (Å²) in [4.78, 5) is 11.5. The average Bonchev–Trinajstić information content (AvgIpc) is 2.62. The Bertz CT molecular complexity index is 596. The Morgan fingerprint density at radius 1 is 1.27 bits per heavy atom. The molecule has 0 aromatic heterocycles. The number of terminal acetylenes is 1. The zero-order valence-electron chi connectivity index (χ0n) is 15.2. The number of carbonyl (C=O) groups is 1. The lowest BCUT2D eigenvalue weighted by Gasteiger charge is -2.42. The summed E-state index contributed by atoms with van der Waals surface area (Å²) >= 11 is 0. The largest absolute Gasteiger partial charge is 0.454 e. The van der Waals surface area contributed by atoms with Crippen molar-refractivity contribution in [3.63, 3.8) is 0 Å². The second-order valence-electron chi connectivity index (χ2n) is 6.21. The molecule has 1 aliphatic rings. The molecular formula is C20H26O6. The molecule has 6 heteroatoms. The lowest BCUT2D eigenvalue weighted by atomic mass is 9.99. The molecule has 26 heavy (non-hydrogen) atoms. The zero-order valence-corrected chi connectivity index (χ0v) is 15.2. The summed E-state index contributed by atoms with van der Waals surface area (Å²) in [5.41, 5.74) is 0.951. The Kier molecular flexibility index (Phi) is 8.07. The van der Waals surface area contributed by atoms with E-state index in [1.807, 2.05) is 30.3 Å². The van der Waals surface area contributed by atoms with Crippen LogP contribution in [-0.4, -0.2) is 48.4 Å². The number of carbonyl (C=O) groups excluding carboxylic acids is 1. The average molecular weight is 362 g/mol. The number of benzene rings is 1. The van der Waals surface area contributed by atoms with Gasteiger partial charge in [-0.25, -0.2) is 0 Å². The van der Waals surface area contributed by atoms with Crippen LogP contribution in [-0.2, 0) is 30.3 Å². The van der Waals surface area contributed by atoms with Crippen LogP contribution in [0.4, 0.5) is 0 Å². The predicted molar refractivity (Wildman–Crippen MR) is 94.9 cm³/mol. The number of hydrogen-bond donors (Lipinski definition) is 1. The van der Waals surface area contributed by atoms with Crippen molar-refractivity contribution in [3.8, 4) is 12.3 Å². The summed E-state index contributed by atoms with van der Waals surface area (Å²) in [6, 6.07) is 9.56. The molecule has 1 fully saturated rings. The molecule has 1 aromatic rings. The van der Waals surface area contributed by atoms with Crippen LogP contribution in [0.15, 0.2) is 30.3 Å². The normalized spacial score (nSPS) is 28.3. The van der Waals surface area contributed by atoms with Gasteiger partial charge in [0.05, 0.1) is 19.3 Å². The van der Waals surface area contributed by atoms with E-state index in [9.17, 15) is 9.90 Å². The molecular weight excluding hydrogens is 336 g/mol. The lowest BCUT2D eigenvalue weighted by Crippen LogP contribution is -2.59. The van der Waals surface area contributed by atoms with Gasteiger partial charge < -0.3 is 24.1 Å². The fraction of sp³-hybridized carbons (Fsp3) is 0.550. The third-order valence-electron chi connectivity index (χ3n) is 4.09. The monoisotopic (exact) mass is 362 g/mol. The summed E-state index contributed by atoms with van der Waals surface area (Å²) in [7, 11) is 0. The molecule has 0 bridgehead atoms. The van der Waals surface area contributed by atoms with Crippen molar-refractivity contribution < 1.29 is 28.8 Å². The zero-order chi connectivity index (χ0) is 18.9. The van der Waals surface area contributed by atoms with E-state index in [1.54, 1.807) is 6.92 Å². The molecule has 142 valence electrons. The molecule has 1 N–H and O–H groups in total. The lowest BCUT2D eigenvalue weighted by molar-refractivity contribution is -0.304. The summed E-state index contributed by atoms with van der Waals surface area (Å²) in [5, 5.41) is 10.5. The van der Waals surface area contributed by atoms with E-state index in [1.165, 1.54) is 6.92 Å². The number of esters is 1. The molecule has 1 aromatic carbocycles. The molecule has 2 rings (SSSR count). The Morgan fingerprint density at radius 3 is 2.65 bits per heavy atom. The number of aliphatic hydroxyl groups excluding tert-OH is 1. The van der Waals surface area contributed by atoms with Gasteiger partial charge in [0.2, 0.25) is 0 Å². The third-order valence-corrected chi connectivity index (χ3v) is 4.09. The summed E-state index contributed by atoms with van der Waals surface area (Å²) in [5.74, 6) is 2.05. The van der Waals surface area contributed by atoms with Crippen molar-refractivity contribution in [2.24, 2.45) is 0 Å². The van der Waals surface area contributed by atoms with Crippen LogP contribution in [0.1, 0.15) is 32.3 Å². The van der Waals surface area contributed by atoms with E-state index >= 15 is 0 Å². The number of unbranched alkanes of at least 4 members (excludes halogenated alkanes) is 1. The van der Waals surface area contributed by atoms with Crippen LogP contribution >= 0.6 is 0 Å². The highest BCUT2D eigenvalue weighted by atomic mass is 16.7. The molecule has 1 aliphatic heterocycles. The van der Waals surface area contributed by atoms with Crippen LogP contribution in [0.25, 0.3) is 0 Å². The van der Waals surface area contributed by atoms with Gasteiger partial charge in [-0.15, -0.1) is 12.3 Å². The van der Waals surface area contributed by atoms with Crippen LogP contribution in [0.3, 0.4) is 0 Å². The van der Waals surface area contributed by atoms with Crippen molar-refractivity contribution in [2.75, 3.05) is 6.61 Å². The van der Waals surface area contributed by atoms with Gasteiger partial charge in [-0.05, 0) is 18.9 Å². The van der Waals surface area contributed by atoms with Crippen molar-refractivity contribution >= 4 is 5.97 Å². The summed E-state index contributed by atoms with van der Waals surface area (Å²) in [6.07, 6.45) is 2.55. The van der Waals surface area contributed by atoms with Gasteiger partial charge in [-0.1, -0.05) is 30.3 Å². The van der Waals surface area contributed by atoms with Crippen LogP contribution in [0.2, 0.25) is 0 Å². The van der Waals surface area contributed by atoms with Gasteiger partial charge in [-0.3, -0.25) is 4.79 Å². The molecule has 0 amide bonds. The molecule has 0 spiro atoms. The third kappa shape index (κ3) is 5.82. The summed E-state index contributed by atoms with van der Waals surface area (Å²) in [6.45, 7) is 3.66. The van der Waals surface area contributed by atoms with E-state index in [0.29, 0.717) is 19.4 Å². The highest BCUT2D eigenvalue weighted by Gasteiger charge is 2.47. The van der Waals surface area contributed by atoms with Gasteiger partial charge in [0.15, 0.2) is 12.4 Å². The molecule has 1 saturated heterocycles. The van der Waals surface area contributed by atoms with Gasteiger partial charge in [-0.2, -0.15) is 0 Å². The highest BCUT2D eigenvalue weighted by molar-refractivity contribution is 5.66. The van der Waals surface area contributed by atoms with E-state index in [4.69, 9.17) is 25.4 Å². The summed E-state index contributed by atoms with van der Waals surface area (Å²) < 4.78 is 22.7. The van der Waals surface area contributed by atoms with Gasteiger partial charge in [0, 0.05) is 13.3 Å². The van der Waals surface area contributed by atoms with Crippen molar-refractivity contribution in [1.29, 1.82) is 0 Å². The number of ether oxygens (including phenoxy) is 4. The highest BCUT2D eigenvalue weighted by Crippen LogP contribution is 2.27. The van der Waals surface area contributed by atoms with E-state index in [2.05, 4.69) is 5.92 Å². The minimum absolute atomic E-state index is 0.275. The van der Waals surface area contributed by atoms with Gasteiger partial charge in [0.1, 0.15) is 12.2 Å². The number of rotatable bonds is 8. The molecule has 5 atom stereocenters. The first kappa shape index (κ1) is 20.4. The Morgan fingerprint density at radius 2 is 2.00 bits per heavy atom. The SMILES string of the molecule is C#CCCCO[C@@H]1OC(C)[C@@H](O)[C@@H](OCc2ccccc2)C1OC(C)=O. The maximum atomic E-state index is 11.5. The molecule has 0 aliphatic carbocycles. The first-order valence-electron chi connectivity index (χ1n) is 8.74. The Balaban J connectivity index is 2.08. The first-order valence-corrected chi connectivity index (χ1v) is 8.74. The van der Waals surface area contributed by atoms with E-state index in [0.717, 1.165) is 5.56 Å². The second kappa shape index (κ2) is 10.3. The number of aliphatic hydroxyl groups is 1. The molecule has 1 heterocycles.